The lowest BCUT2D eigenvalue weighted by atomic mass is 9.74. The van der Waals surface area contributed by atoms with Crippen LogP contribution >= 0.6 is 0 Å². The summed E-state index contributed by atoms with van der Waals surface area (Å²) in [5, 5.41) is 3.38. The van der Waals surface area contributed by atoms with Crippen LogP contribution in [0.15, 0.2) is 24.3 Å². The summed E-state index contributed by atoms with van der Waals surface area (Å²) < 4.78 is 0. The lowest BCUT2D eigenvalue weighted by Crippen LogP contribution is -2.52. The number of nitrogens with zero attached hydrogens (tertiary/aromatic N) is 1. The number of nitrogens with one attached hydrogen (secondary N) is 1. The van der Waals surface area contributed by atoms with Crippen molar-refractivity contribution < 1.29 is 4.79 Å². The Morgan fingerprint density at radius 3 is 2.70 bits per heavy atom. The van der Waals surface area contributed by atoms with E-state index in [1.54, 1.807) is 0 Å². The van der Waals surface area contributed by atoms with Gasteiger partial charge in [-0.3, -0.25) is 4.90 Å². The lowest BCUT2D eigenvalue weighted by Gasteiger charge is -2.39. The van der Waals surface area contributed by atoms with E-state index in [-0.39, 0.29) is 12.1 Å². The van der Waals surface area contributed by atoms with Gasteiger partial charge in [0.15, 0.2) is 0 Å². The summed E-state index contributed by atoms with van der Waals surface area (Å²) in [6.45, 7) is 9.02. The number of urea groups is 1. The number of fused-ring (bicyclic) bond motifs is 1. The molecule has 23 heavy (non-hydrogen) atoms. The van der Waals surface area contributed by atoms with Crippen LogP contribution in [0.2, 0.25) is 0 Å². The van der Waals surface area contributed by atoms with Gasteiger partial charge in [-0.05, 0) is 55.6 Å². The van der Waals surface area contributed by atoms with Crippen molar-refractivity contribution >= 4 is 11.7 Å². The van der Waals surface area contributed by atoms with Gasteiger partial charge in [0, 0.05) is 17.8 Å². The molecule has 1 aliphatic heterocycles. The van der Waals surface area contributed by atoms with Crippen molar-refractivity contribution in [2.75, 3.05) is 4.90 Å². The number of rotatable bonds is 2. The van der Waals surface area contributed by atoms with E-state index in [1.807, 2.05) is 11.0 Å². The van der Waals surface area contributed by atoms with E-state index in [0.717, 1.165) is 18.5 Å². The third-order valence-electron chi connectivity index (χ3n) is 5.76. The minimum absolute atomic E-state index is 0.0900. The molecule has 0 radical (unpaired) electrons. The molecule has 0 aromatic heterocycles. The molecule has 1 aliphatic carbocycles. The maximum atomic E-state index is 13.0. The Hall–Kier alpha value is -1.51. The average molecular weight is 314 g/mol. The van der Waals surface area contributed by atoms with Crippen LogP contribution in [-0.2, 0) is 6.42 Å². The molecule has 1 aromatic rings. The fourth-order valence-corrected chi connectivity index (χ4v) is 4.47. The zero-order valence-electron chi connectivity index (χ0n) is 14.9. The van der Waals surface area contributed by atoms with Gasteiger partial charge in [0.2, 0.25) is 0 Å². The Morgan fingerprint density at radius 2 is 1.96 bits per heavy atom. The molecule has 0 spiro atoms. The summed E-state index contributed by atoms with van der Waals surface area (Å²) in [6, 6.07) is 8.94. The van der Waals surface area contributed by atoms with Gasteiger partial charge in [-0.2, -0.15) is 0 Å². The molecular weight excluding hydrogens is 284 g/mol. The maximum absolute atomic E-state index is 13.0. The summed E-state index contributed by atoms with van der Waals surface area (Å²) >= 11 is 0. The van der Waals surface area contributed by atoms with E-state index < -0.39 is 0 Å². The highest BCUT2D eigenvalue weighted by Crippen LogP contribution is 2.35. The molecule has 126 valence electrons. The standard InChI is InChI=1S/C20H30N2O/c1-13(2)17-10-9-14(3)11-18(17)21-20(23)22-15(4)12-16-7-5-6-8-19(16)22/h5-8,13-15,17-18H,9-12H2,1-4H3,(H,21,23)/t14-,15?,17+,18-/m1/s1. The van der Waals surface area contributed by atoms with Crippen LogP contribution < -0.4 is 10.2 Å². The van der Waals surface area contributed by atoms with Crippen molar-refractivity contribution in [2.45, 2.75) is 65.5 Å². The molecule has 1 unspecified atom stereocenters. The van der Waals surface area contributed by atoms with Crippen molar-refractivity contribution in [1.29, 1.82) is 0 Å². The number of carbonyl (C=O) groups is 1. The molecule has 1 heterocycles. The zero-order valence-corrected chi connectivity index (χ0v) is 14.9. The molecule has 1 saturated carbocycles. The summed E-state index contributed by atoms with van der Waals surface area (Å²) in [6.07, 6.45) is 4.59. The normalized spacial score (nSPS) is 30.4. The first-order valence-electron chi connectivity index (χ1n) is 9.15. The number of hydrogen-bond donors (Lipinski definition) is 1. The van der Waals surface area contributed by atoms with Crippen LogP contribution in [0.1, 0.15) is 52.5 Å². The molecule has 1 N–H and O–H groups in total. The van der Waals surface area contributed by atoms with Crippen LogP contribution in [0.4, 0.5) is 10.5 Å². The SMILES string of the molecule is CC(C)[C@@H]1CC[C@@H](C)C[C@H]1NC(=O)N1c2ccccc2CC1C. The topological polar surface area (TPSA) is 32.3 Å². The highest BCUT2D eigenvalue weighted by atomic mass is 16.2. The van der Waals surface area contributed by atoms with Crippen molar-refractivity contribution in [1.82, 2.24) is 5.32 Å². The Morgan fingerprint density at radius 1 is 1.22 bits per heavy atom. The van der Waals surface area contributed by atoms with Crippen molar-refractivity contribution in [3.05, 3.63) is 29.8 Å². The third kappa shape index (κ3) is 3.24. The van der Waals surface area contributed by atoms with Crippen molar-refractivity contribution in [3.8, 4) is 0 Å². The molecule has 2 aliphatic rings. The summed E-state index contributed by atoms with van der Waals surface area (Å²) in [7, 11) is 0. The molecule has 0 saturated heterocycles. The fraction of sp³-hybridized carbons (Fsp3) is 0.650. The minimum atomic E-state index is 0.0900. The van der Waals surface area contributed by atoms with Crippen LogP contribution in [0.25, 0.3) is 0 Å². The van der Waals surface area contributed by atoms with Crippen molar-refractivity contribution in [3.63, 3.8) is 0 Å². The van der Waals surface area contributed by atoms with Gasteiger partial charge in [-0.1, -0.05) is 45.4 Å². The van der Waals surface area contributed by atoms with Crippen molar-refractivity contribution in [2.24, 2.45) is 17.8 Å². The molecule has 3 heteroatoms. The number of hydrogen-bond acceptors (Lipinski definition) is 1. The highest BCUT2D eigenvalue weighted by Gasteiger charge is 2.35. The molecule has 3 rings (SSSR count). The Kier molecular flexibility index (Phi) is 4.65. The predicted octanol–water partition coefficient (Wildman–Crippen LogP) is 4.61. The molecular formula is C20H30N2O. The lowest BCUT2D eigenvalue weighted by molar-refractivity contribution is 0.170. The number of benzene rings is 1. The van der Waals surface area contributed by atoms with Crippen LogP contribution in [0, 0.1) is 17.8 Å². The Balaban J connectivity index is 1.75. The highest BCUT2D eigenvalue weighted by molar-refractivity contribution is 5.95. The van der Waals surface area contributed by atoms with E-state index in [9.17, 15) is 4.79 Å². The van der Waals surface area contributed by atoms with Gasteiger partial charge in [0.1, 0.15) is 0 Å². The monoisotopic (exact) mass is 314 g/mol. The van der Waals surface area contributed by atoms with Gasteiger partial charge in [-0.25, -0.2) is 4.79 Å². The smallest absolute Gasteiger partial charge is 0.322 e. The first kappa shape index (κ1) is 16.4. The molecule has 0 bridgehead atoms. The quantitative estimate of drug-likeness (QED) is 0.849. The van der Waals surface area contributed by atoms with Gasteiger partial charge in [-0.15, -0.1) is 0 Å². The summed E-state index contributed by atoms with van der Waals surface area (Å²) in [4.78, 5) is 14.9. The minimum Gasteiger partial charge on any atom is -0.335 e. The van der Waals surface area contributed by atoms with E-state index in [0.29, 0.717) is 23.8 Å². The number of amides is 2. The summed E-state index contributed by atoms with van der Waals surface area (Å²) in [5.74, 6) is 1.93. The summed E-state index contributed by atoms with van der Waals surface area (Å²) in [5.41, 5.74) is 2.37. The molecule has 2 amide bonds. The largest absolute Gasteiger partial charge is 0.335 e. The zero-order chi connectivity index (χ0) is 16.6. The molecule has 4 atom stereocenters. The van der Waals surface area contributed by atoms with E-state index in [2.05, 4.69) is 51.2 Å². The number of para-hydroxylation sites is 1. The van der Waals surface area contributed by atoms with Gasteiger partial charge in [0.05, 0.1) is 0 Å². The van der Waals surface area contributed by atoms with Gasteiger partial charge < -0.3 is 5.32 Å². The first-order valence-corrected chi connectivity index (χ1v) is 9.15. The average Bonchev–Trinajstić information content (AvgIpc) is 2.82. The Labute approximate surface area is 140 Å². The second kappa shape index (κ2) is 6.54. The van der Waals surface area contributed by atoms with E-state index >= 15 is 0 Å². The molecule has 1 fully saturated rings. The first-order chi connectivity index (χ1) is 11.0. The Bertz CT molecular complexity index is 569. The molecule has 3 nitrogen and oxygen atoms in total. The van der Waals surface area contributed by atoms with Crippen LogP contribution in [-0.4, -0.2) is 18.1 Å². The van der Waals surface area contributed by atoms with E-state index in [1.165, 1.54) is 18.4 Å². The van der Waals surface area contributed by atoms with Crippen LogP contribution in [0.3, 0.4) is 0 Å². The van der Waals surface area contributed by atoms with Gasteiger partial charge >= 0.3 is 6.03 Å². The predicted molar refractivity (Wildman–Crippen MR) is 95.7 cm³/mol. The second-order valence-corrected chi connectivity index (χ2v) is 7.93. The second-order valence-electron chi connectivity index (χ2n) is 7.93. The number of anilines is 1. The van der Waals surface area contributed by atoms with Crippen LogP contribution in [0.5, 0.6) is 0 Å². The fourth-order valence-electron chi connectivity index (χ4n) is 4.47. The van der Waals surface area contributed by atoms with Gasteiger partial charge in [0.25, 0.3) is 0 Å². The number of carbonyl (C=O) groups excluding carboxylic acids is 1. The molecule has 1 aromatic carbocycles. The van der Waals surface area contributed by atoms with E-state index in [4.69, 9.17) is 0 Å². The third-order valence-corrected chi connectivity index (χ3v) is 5.76. The maximum Gasteiger partial charge on any atom is 0.322 e.